The number of nitrogens with one attached hydrogen (secondary N) is 2. The van der Waals surface area contributed by atoms with E-state index in [9.17, 15) is 0 Å². The van der Waals surface area contributed by atoms with Gasteiger partial charge in [0.25, 0.3) is 0 Å². The number of morpholine rings is 1. The first-order valence-corrected chi connectivity index (χ1v) is 8.80. The molecule has 2 N–H and O–H groups in total. The van der Waals surface area contributed by atoms with Gasteiger partial charge in [0.1, 0.15) is 0 Å². The fourth-order valence-corrected chi connectivity index (χ4v) is 4.43. The fraction of sp³-hybridized carbons (Fsp3) is 0.750. The summed E-state index contributed by atoms with van der Waals surface area (Å²) in [6, 6.07) is 5.76. The molecule has 0 radical (unpaired) electrons. The summed E-state index contributed by atoms with van der Waals surface area (Å²) in [7, 11) is 0. The summed E-state index contributed by atoms with van der Waals surface area (Å²) in [5, 5.41) is 7.44. The maximum atomic E-state index is 5.64. The van der Waals surface area contributed by atoms with E-state index >= 15 is 0 Å². The summed E-state index contributed by atoms with van der Waals surface area (Å²) < 4.78 is 5.64. The van der Waals surface area contributed by atoms with Crippen molar-refractivity contribution in [2.75, 3.05) is 19.8 Å². The minimum Gasteiger partial charge on any atom is -0.379 e. The lowest BCUT2D eigenvalue weighted by molar-refractivity contribution is 0.0524. The van der Waals surface area contributed by atoms with Crippen molar-refractivity contribution in [2.24, 2.45) is 5.92 Å². The highest BCUT2D eigenvalue weighted by Crippen LogP contribution is 2.30. The molecule has 1 aromatic heterocycles. The molecule has 1 saturated heterocycles. The van der Waals surface area contributed by atoms with E-state index in [4.69, 9.17) is 4.74 Å². The Balaban J connectivity index is 0.00000161. The average Bonchev–Trinajstić information content (AvgIpc) is 3.15. The van der Waals surface area contributed by atoms with Crippen LogP contribution in [0.15, 0.2) is 12.1 Å². The molecule has 120 valence electrons. The van der Waals surface area contributed by atoms with E-state index in [1.807, 2.05) is 11.3 Å². The highest BCUT2D eigenvalue weighted by Gasteiger charge is 2.34. The average molecular weight is 331 g/mol. The molecule has 3 rings (SSSR count). The zero-order chi connectivity index (χ0) is 13.8. The maximum absolute atomic E-state index is 5.64. The maximum Gasteiger partial charge on any atom is 0.0623 e. The smallest absolute Gasteiger partial charge is 0.0623 e. The van der Waals surface area contributed by atoms with Gasteiger partial charge in [-0.3, -0.25) is 0 Å². The molecule has 2 fully saturated rings. The number of hydrogen-bond acceptors (Lipinski definition) is 4. The van der Waals surface area contributed by atoms with Crippen LogP contribution in [-0.2, 0) is 17.7 Å². The quantitative estimate of drug-likeness (QED) is 0.870. The van der Waals surface area contributed by atoms with Gasteiger partial charge < -0.3 is 15.4 Å². The molecule has 1 aliphatic carbocycles. The van der Waals surface area contributed by atoms with Crippen LogP contribution in [0.25, 0.3) is 0 Å². The predicted octanol–water partition coefficient (Wildman–Crippen LogP) is 2.98. The Labute approximate surface area is 138 Å². The number of halogens is 1. The lowest BCUT2D eigenvalue weighted by Crippen LogP contribution is -2.50. The summed E-state index contributed by atoms with van der Waals surface area (Å²) >= 11 is 1.95. The molecular weight excluding hydrogens is 304 g/mol. The first-order valence-electron chi connectivity index (χ1n) is 7.99. The second kappa shape index (κ2) is 8.49. The zero-order valence-electron chi connectivity index (χ0n) is 12.8. The van der Waals surface area contributed by atoms with E-state index < -0.39 is 0 Å². The Kier molecular flexibility index (Phi) is 6.96. The summed E-state index contributed by atoms with van der Waals surface area (Å²) in [5.41, 5.74) is 0. The fourth-order valence-electron chi connectivity index (χ4n) is 3.52. The third-order valence-corrected chi connectivity index (χ3v) is 5.87. The van der Waals surface area contributed by atoms with Crippen molar-refractivity contribution in [3.63, 3.8) is 0 Å². The minimum atomic E-state index is 0. The van der Waals surface area contributed by atoms with Crippen molar-refractivity contribution >= 4 is 23.7 Å². The molecular formula is C16H27ClN2OS. The lowest BCUT2D eigenvalue weighted by atomic mass is 9.94. The van der Waals surface area contributed by atoms with Crippen LogP contribution in [0, 0.1) is 5.92 Å². The van der Waals surface area contributed by atoms with Crippen LogP contribution in [0.2, 0.25) is 0 Å². The SMILES string of the molecule is CCc1ccc(CNC2CCCC2C2COCCN2)s1.Cl. The number of thiophene rings is 1. The van der Waals surface area contributed by atoms with Crippen molar-refractivity contribution in [3.8, 4) is 0 Å². The first-order chi connectivity index (χ1) is 9.86. The van der Waals surface area contributed by atoms with Crippen LogP contribution in [0.5, 0.6) is 0 Å². The molecule has 0 aromatic carbocycles. The van der Waals surface area contributed by atoms with Gasteiger partial charge in [0.2, 0.25) is 0 Å². The molecule has 21 heavy (non-hydrogen) atoms. The molecule has 1 saturated carbocycles. The van der Waals surface area contributed by atoms with E-state index in [2.05, 4.69) is 29.7 Å². The van der Waals surface area contributed by atoms with Gasteiger partial charge in [0, 0.05) is 34.9 Å². The molecule has 2 heterocycles. The lowest BCUT2D eigenvalue weighted by Gasteiger charge is -2.33. The van der Waals surface area contributed by atoms with Crippen LogP contribution < -0.4 is 10.6 Å². The molecule has 1 aromatic rings. The van der Waals surface area contributed by atoms with Crippen molar-refractivity contribution in [1.82, 2.24) is 10.6 Å². The van der Waals surface area contributed by atoms with Gasteiger partial charge in [-0.05, 0) is 37.3 Å². The van der Waals surface area contributed by atoms with Crippen molar-refractivity contribution in [2.45, 2.75) is 51.2 Å². The van der Waals surface area contributed by atoms with Crippen molar-refractivity contribution < 1.29 is 4.74 Å². The zero-order valence-corrected chi connectivity index (χ0v) is 14.4. The van der Waals surface area contributed by atoms with E-state index in [0.29, 0.717) is 12.1 Å². The standard InChI is InChI=1S/C16H26N2OS.ClH/c1-2-12-6-7-13(20-12)10-18-15-5-3-4-14(15)16-11-19-9-8-17-16;/h6-7,14-18H,2-5,8-11H2,1H3;1H. The highest BCUT2D eigenvalue weighted by molar-refractivity contribution is 7.11. The molecule has 3 nitrogen and oxygen atoms in total. The third kappa shape index (κ3) is 4.42. The van der Waals surface area contributed by atoms with Gasteiger partial charge >= 0.3 is 0 Å². The first kappa shape index (κ1) is 17.2. The van der Waals surface area contributed by atoms with Gasteiger partial charge in [-0.1, -0.05) is 13.3 Å². The van der Waals surface area contributed by atoms with Gasteiger partial charge in [0.05, 0.1) is 13.2 Å². The van der Waals surface area contributed by atoms with E-state index in [-0.39, 0.29) is 12.4 Å². The van der Waals surface area contributed by atoms with Crippen molar-refractivity contribution in [1.29, 1.82) is 0 Å². The largest absolute Gasteiger partial charge is 0.379 e. The van der Waals surface area contributed by atoms with E-state index in [1.165, 1.54) is 29.0 Å². The Hall–Kier alpha value is -0.130. The summed E-state index contributed by atoms with van der Waals surface area (Å²) in [5.74, 6) is 0.737. The molecule has 2 aliphatic rings. The topological polar surface area (TPSA) is 33.3 Å². The number of hydrogen-bond donors (Lipinski definition) is 2. The summed E-state index contributed by atoms with van der Waals surface area (Å²) in [6.07, 6.45) is 5.16. The monoisotopic (exact) mass is 330 g/mol. The molecule has 5 heteroatoms. The molecule has 0 bridgehead atoms. The van der Waals surface area contributed by atoms with Crippen LogP contribution >= 0.6 is 23.7 Å². The number of aryl methyl sites for hydroxylation is 1. The van der Waals surface area contributed by atoms with Gasteiger partial charge in [0.15, 0.2) is 0 Å². The molecule has 1 aliphatic heterocycles. The predicted molar refractivity (Wildman–Crippen MR) is 91.5 cm³/mol. The molecule has 0 amide bonds. The minimum absolute atomic E-state index is 0. The van der Waals surface area contributed by atoms with Crippen LogP contribution in [0.4, 0.5) is 0 Å². The van der Waals surface area contributed by atoms with Gasteiger partial charge in [-0.2, -0.15) is 0 Å². The van der Waals surface area contributed by atoms with Crippen LogP contribution in [-0.4, -0.2) is 31.8 Å². The van der Waals surface area contributed by atoms with Crippen LogP contribution in [0.3, 0.4) is 0 Å². The molecule has 3 unspecified atom stereocenters. The van der Waals surface area contributed by atoms with Crippen LogP contribution in [0.1, 0.15) is 35.9 Å². The highest BCUT2D eigenvalue weighted by atomic mass is 35.5. The Morgan fingerprint density at radius 2 is 2.19 bits per heavy atom. The number of ether oxygens (including phenoxy) is 1. The normalized spacial score (nSPS) is 29.3. The van der Waals surface area contributed by atoms with Crippen molar-refractivity contribution in [3.05, 3.63) is 21.9 Å². The second-order valence-electron chi connectivity index (χ2n) is 5.94. The van der Waals surface area contributed by atoms with E-state index in [1.54, 1.807) is 0 Å². The van der Waals surface area contributed by atoms with Gasteiger partial charge in [-0.25, -0.2) is 0 Å². The number of rotatable bonds is 5. The summed E-state index contributed by atoms with van der Waals surface area (Å²) in [4.78, 5) is 2.97. The third-order valence-electron chi connectivity index (χ3n) is 4.64. The second-order valence-corrected chi connectivity index (χ2v) is 7.19. The summed E-state index contributed by atoms with van der Waals surface area (Å²) in [6.45, 7) is 6.03. The van der Waals surface area contributed by atoms with E-state index in [0.717, 1.165) is 38.6 Å². The Bertz CT molecular complexity index is 420. The Morgan fingerprint density at radius 3 is 2.90 bits per heavy atom. The van der Waals surface area contributed by atoms with Gasteiger partial charge in [-0.15, -0.1) is 23.7 Å². The molecule has 3 atom stereocenters. The Morgan fingerprint density at radius 1 is 1.33 bits per heavy atom. The molecule has 0 spiro atoms.